The molecule has 1 aromatic carbocycles. The molecule has 0 unspecified atom stereocenters. The van der Waals surface area contributed by atoms with Gasteiger partial charge in [-0.2, -0.15) is 0 Å². The van der Waals surface area contributed by atoms with Gasteiger partial charge in [0, 0.05) is 6.04 Å². The molecule has 0 saturated heterocycles. The number of nitrogens with two attached hydrogens (primary N) is 1. The van der Waals surface area contributed by atoms with E-state index in [1.54, 1.807) is 0 Å². The largest absolute Gasteiger partial charge is 0.493 e. The fourth-order valence-corrected chi connectivity index (χ4v) is 2.65. The maximum atomic E-state index is 6.11. The number of hydrogen-bond acceptors (Lipinski definition) is 2. The van der Waals surface area contributed by atoms with Crippen molar-refractivity contribution in [3.8, 4) is 5.75 Å². The summed E-state index contributed by atoms with van der Waals surface area (Å²) < 4.78 is 5.64. The maximum absolute atomic E-state index is 6.11. The van der Waals surface area contributed by atoms with E-state index in [0.717, 1.165) is 38.0 Å². The highest BCUT2D eigenvalue weighted by molar-refractivity contribution is 5.49. The van der Waals surface area contributed by atoms with Crippen LogP contribution in [0.5, 0.6) is 5.75 Å². The van der Waals surface area contributed by atoms with Gasteiger partial charge in [-0.3, -0.25) is 0 Å². The first-order valence-corrected chi connectivity index (χ1v) is 5.39. The Morgan fingerprint density at radius 2 is 2.21 bits per heavy atom. The van der Waals surface area contributed by atoms with Crippen LogP contribution in [0.15, 0.2) is 12.1 Å². The third-order valence-corrected chi connectivity index (χ3v) is 3.33. The summed E-state index contributed by atoms with van der Waals surface area (Å²) >= 11 is 0. The molecule has 1 heterocycles. The molecule has 1 aromatic rings. The van der Waals surface area contributed by atoms with Crippen molar-refractivity contribution in [2.45, 2.75) is 31.7 Å². The van der Waals surface area contributed by atoms with Gasteiger partial charge in [-0.15, -0.1) is 0 Å². The topological polar surface area (TPSA) is 35.2 Å². The average Bonchev–Trinajstić information content (AvgIpc) is 2.61. The first-order chi connectivity index (χ1) is 6.86. The van der Waals surface area contributed by atoms with Crippen molar-refractivity contribution in [2.75, 3.05) is 6.61 Å². The molecule has 0 fully saturated rings. The molecule has 3 rings (SSSR count). The maximum Gasteiger partial charge on any atom is 0.122 e. The predicted molar refractivity (Wildman–Crippen MR) is 55.5 cm³/mol. The summed E-state index contributed by atoms with van der Waals surface area (Å²) in [6.07, 6.45) is 4.53. The van der Waals surface area contributed by atoms with E-state index in [0.29, 0.717) is 0 Å². The van der Waals surface area contributed by atoms with Crippen molar-refractivity contribution in [1.82, 2.24) is 0 Å². The molecule has 0 bridgehead atoms. The standard InChI is InChI=1S/C12H15NO/c13-10-5-3-8-4-6-11-9(12(8)10)2-1-7-14-11/h4,6,10H,1-3,5,7,13H2/t10-/m1/s1. The summed E-state index contributed by atoms with van der Waals surface area (Å²) in [5.74, 6) is 1.08. The van der Waals surface area contributed by atoms with Crippen LogP contribution >= 0.6 is 0 Å². The Hall–Kier alpha value is -1.02. The normalized spacial score (nSPS) is 23.9. The van der Waals surface area contributed by atoms with Gasteiger partial charge in [0.05, 0.1) is 6.61 Å². The molecule has 2 aliphatic rings. The Balaban J connectivity index is 2.18. The zero-order chi connectivity index (χ0) is 9.54. The minimum atomic E-state index is 0.252. The highest BCUT2D eigenvalue weighted by Gasteiger charge is 2.25. The van der Waals surface area contributed by atoms with Crippen molar-refractivity contribution >= 4 is 0 Å². The first-order valence-electron chi connectivity index (χ1n) is 5.39. The molecule has 2 heteroatoms. The summed E-state index contributed by atoms with van der Waals surface area (Å²) in [4.78, 5) is 0. The molecule has 1 aliphatic carbocycles. The minimum Gasteiger partial charge on any atom is -0.493 e. The smallest absolute Gasteiger partial charge is 0.122 e. The van der Waals surface area contributed by atoms with Crippen molar-refractivity contribution in [1.29, 1.82) is 0 Å². The van der Waals surface area contributed by atoms with Crippen LogP contribution in [-0.2, 0) is 12.8 Å². The lowest BCUT2D eigenvalue weighted by molar-refractivity contribution is 0.287. The molecule has 0 spiro atoms. The number of benzene rings is 1. The Labute approximate surface area is 84.1 Å². The molecule has 1 aliphatic heterocycles. The Morgan fingerprint density at radius 1 is 1.29 bits per heavy atom. The monoisotopic (exact) mass is 189 g/mol. The van der Waals surface area contributed by atoms with Gasteiger partial charge in [-0.25, -0.2) is 0 Å². The number of rotatable bonds is 0. The summed E-state index contributed by atoms with van der Waals surface area (Å²) in [5.41, 5.74) is 10.3. The number of fused-ring (bicyclic) bond motifs is 3. The summed E-state index contributed by atoms with van der Waals surface area (Å²) in [7, 11) is 0. The highest BCUT2D eigenvalue weighted by atomic mass is 16.5. The molecule has 0 aromatic heterocycles. The third kappa shape index (κ3) is 1.07. The van der Waals surface area contributed by atoms with Gasteiger partial charge in [0.25, 0.3) is 0 Å². The zero-order valence-corrected chi connectivity index (χ0v) is 8.25. The van der Waals surface area contributed by atoms with E-state index in [4.69, 9.17) is 10.5 Å². The van der Waals surface area contributed by atoms with Gasteiger partial charge < -0.3 is 10.5 Å². The van der Waals surface area contributed by atoms with E-state index < -0.39 is 0 Å². The van der Waals surface area contributed by atoms with Crippen LogP contribution in [-0.4, -0.2) is 6.61 Å². The number of ether oxygens (including phenoxy) is 1. The van der Waals surface area contributed by atoms with Gasteiger partial charge in [0.2, 0.25) is 0 Å². The van der Waals surface area contributed by atoms with Crippen molar-refractivity contribution < 1.29 is 4.74 Å². The lowest BCUT2D eigenvalue weighted by Crippen LogP contribution is -2.14. The highest BCUT2D eigenvalue weighted by Crippen LogP contribution is 2.38. The molecule has 0 saturated carbocycles. The Morgan fingerprint density at radius 3 is 3.14 bits per heavy atom. The van der Waals surface area contributed by atoms with Crippen LogP contribution in [0.3, 0.4) is 0 Å². The van der Waals surface area contributed by atoms with Crippen LogP contribution in [0.25, 0.3) is 0 Å². The number of aryl methyl sites for hydroxylation is 1. The minimum absolute atomic E-state index is 0.252. The average molecular weight is 189 g/mol. The number of hydrogen-bond donors (Lipinski definition) is 1. The quantitative estimate of drug-likeness (QED) is 0.677. The fraction of sp³-hybridized carbons (Fsp3) is 0.500. The molecule has 0 radical (unpaired) electrons. The SMILES string of the molecule is N[C@@H]1CCc2ccc3c(c21)CCCO3. The van der Waals surface area contributed by atoms with Gasteiger partial charge >= 0.3 is 0 Å². The fourth-order valence-electron chi connectivity index (χ4n) is 2.65. The summed E-state index contributed by atoms with van der Waals surface area (Å²) in [6, 6.07) is 4.55. The third-order valence-electron chi connectivity index (χ3n) is 3.33. The van der Waals surface area contributed by atoms with Crippen LogP contribution in [0.4, 0.5) is 0 Å². The van der Waals surface area contributed by atoms with E-state index in [1.807, 2.05) is 0 Å². The Kier molecular flexibility index (Phi) is 1.77. The van der Waals surface area contributed by atoms with Crippen LogP contribution in [0.2, 0.25) is 0 Å². The zero-order valence-electron chi connectivity index (χ0n) is 8.25. The lowest BCUT2D eigenvalue weighted by Gasteiger charge is -2.21. The van der Waals surface area contributed by atoms with E-state index in [-0.39, 0.29) is 6.04 Å². The van der Waals surface area contributed by atoms with Crippen LogP contribution < -0.4 is 10.5 Å². The van der Waals surface area contributed by atoms with Crippen molar-refractivity contribution in [3.05, 3.63) is 28.8 Å². The molecular weight excluding hydrogens is 174 g/mol. The van der Waals surface area contributed by atoms with Gasteiger partial charge in [-0.1, -0.05) is 6.07 Å². The summed E-state index contributed by atoms with van der Waals surface area (Å²) in [5, 5.41) is 0. The molecule has 2 N–H and O–H groups in total. The molecule has 1 atom stereocenters. The molecule has 0 amide bonds. The van der Waals surface area contributed by atoms with E-state index >= 15 is 0 Å². The summed E-state index contributed by atoms with van der Waals surface area (Å²) in [6.45, 7) is 0.862. The second-order valence-electron chi connectivity index (χ2n) is 4.21. The molecule has 14 heavy (non-hydrogen) atoms. The molecular formula is C12H15NO. The first kappa shape index (κ1) is 8.30. The van der Waals surface area contributed by atoms with Gasteiger partial charge in [0.1, 0.15) is 5.75 Å². The van der Waals surface area contributed by atoms with E-state index in [1.165, 1.54) is 16.7 Å². The van der Waals surface area contributed by atoms with E-state index in [9.17, 15) is 0 Å². The lowest BCUT2D eigenvalue weighted by atomic mass is 9.95. The van der Waals surface area contributed by atoms with Gasteiger partial charge in [-0.05, 0) is 48.4 Å². The van der Waals surface area contributed by atoms with Crippen LogP contribution in [0, 0.1) is 0 Å². The second-order valence-corrected chi connectivity index (χ2v) is 4.21. The van der Waals surface area contributed by atoms with Crippen LogP contribution in [0.1, 0.15) is 35.6 Å². The molecule has 74 valence electrons. The molecule has 2 nitrogen and oxygen atoms in total. The van der Waals surface area contributed by atoms with Crippen molar-refractivity contribution in [2.24, 2.45) is 5.73 Å². The van der Waals surface area contributed by atoms with Gasteiger partial charge in [0.15, 0.2) is 0 Å². The predicted octanol–water partition coefficient (Wildman–Crippen LogP) is 1.96. The van der Waals surface area contributed by atoms with E-state index in [2.05, 4.69) is 12.1 Å². The Bertz CT molecular complexity index is 373. The van der Waals surface area contributed by atoms with Crippen molar-refractivity contribution in [3.63, 3.8) is 0 Å². The second kappa shape index (κ2) is 2.99.